The molecule has 1 heterocycles. The van der Waals surface area contributed by atoms with Gasteiger partial charge in [-0.15, -0.1) is 0 Å². The predicted octanol–water partition coefficient (Wildman–Crippen LogP) is 1.33. The van der Waals surface area contributed by atoms with Crippen molar-refractivity contribution in [2.24, 2.45) is 5.73 Å². The van der Waals surface area contributed by atoms with E-state index in [0.29, 0.717) is 0 Å². The van der Waals surface area contributed by atoms with Crippen LogP contribution in [0, 0.1) is 0 Å². The number of hydrogen-bond acceptors (Lipinski definition) is 2. The summed E-state index contributed by atoms with van der Waals surface area (Å²) >= 11 is 0. The Morgan fingerprint density at radius 2 is 2.18 bits per heavy atom. The van der Waals surface area contributed by atoms with Crippen LogP contribution in [0.15, 0.2) is 12.4 Å². The zero-order chi connectivity index (χ0) is 8.53. The molecular weight excluding hydrogens is 138 g/mol. The number of nitrogens with one attached hydrogen (secondary N) is 1. The molecule has 0 saturated carbocycles. The number of H-pyrrole nitrogens is 1. The number of nitrogens with zero attached hydrogens (tertiary/aromatic N) is 1. The third kappa shape index (κ3) is 5.61. The van der Waals surface area contributed by atoms with Crippen LogP contribution in [0.5, 0.6) is 0 Å². The third-order valence-electron chi connectivity index (χ3n) is 1.18. The molecule has 1 rings (SSSR count). The Morgan fingerprint density at radius 3 is 2.36 bits per heavy atom. The molecule has 3 heteroatoms. The summed E-state index contributed by atoms with van der Waals surface area (Å²) in [5, 5.41) is 0. The first-order chi connectivity index (χ1) is 5.35. The second-order valence-electron chi connectivity index (χ2n) is 2.18. The van der Waals surface area contributed by atoms with Gasteiger partial charge < -0.3 is 10.7 Å². The van der Waals surface area contributed by atoms with Gasteiger partial charge in [0.1, 0.15) is 5.82 Å². The molecule has 0 aromatic carbocycles. The van der Waals surface area contributed by atoms with Crippen molar-refractivity contribution in [3.8, 4) is 0 Å². The molecule has 64 valence electrons. The second-order valence-corrected chi connectivity index (χ2v) is 2.18. The fourth-order valence-corrected chi connectivity index (χ4v) is 0.491. The van der Waals surface area contributed by atoms with Gasteiger partial charge in [0.05, 0.1) is 0 Å². The Balaban J connectivity index is 0.000000218. The first-order valence-electron chi connectivity index (χ1n) is 4.03. The predicted molar refractivity (Wildman–Crippen MR) is 47.3 cm³/mol. The Bertz CT molecular complexity index is 144. The van der Waals surface area contributed by atoms with Crippen molar-refractivity contribution in [3.05, 3.63) is 18.2 Å². The highest BCUT2D eigenvalue weighted by Crippen LogP contribution is 1.85. The van der Waals surface area contributed by atoms with Crippen LogP contribution < -0.4 is 5.73 Å². The summed E-state index contributed by atoms with van der Waals surface area (Å²) in [6.07, 6.45) is 5.69. The van der Waals surface area contributed by atoms with E-state index in [2.05, 4.69) is 23.8 Å². The highest BCUT2D eigenvalue weighted by Gasteiger charge is 1.82. The van der Waals surface area contributed by atoms with Gasteiger partial charge >= 0.3 is 0 Å². The monoisotopic (exact) mass is 155 g/mol. The molecule has 0 saturated heterocycles. The molecule has 0 aliphatic carbocycles. The average Bonchev–Trinajstić information content (AvgIpc) is 2.56. The van der Waals surface area contributed by atoms with Crippen LogP contribution in [0.3, 0.4) is 0 Å². The lowest BCUT2D eigenvalue weighted by Gasteiger charge is -1.79. The fraction of sp³-hybridized carbons (Fsp3) is 0.625. The maximum Gasteiger partial charge on any atom is 0.105 e. The molecule has 0 atom stereocenters. The van der Waals surface area contributed by atoms with Gasteiger partial charge in [0.2, 0.25) is 0 Å². The van der Waals surface area contributed by atoms with E-state index in [1.165, 1.54) is 0 Å². The molecule has 0 bridgehead atoms. The molecule has 11 heavy (non-hydrogen) atoms. The first kappa shape index (κ1) is 10.2. The summed E-state index contributed by atoms with van der Waals surface area (Å²) in [6.45, 7) is 4.94. The van der Waals surface area contributed by atoms with E-state index in [1.54, 1.807) is 6.20 Å². The average molecular weight is 155 g/mol. The van der Waals surface area contributed by atoms with Crippen LogP contribution in [0.2, 0.25) is 0 Å². The lowest BCUT2D eigenvalue weighted by molar-refractivity contribution is 0.932. The molecule has 0 spiro atoms. The number of aromatic amines is 1. The Hall–Kier alpha value is -0.830. The van der Waals surface area contributed by atoms with Crippen LogP contribution in [0.1, 0.15) is 26.1 Å². The summed E-state index contributed by atoms with van der Waals surface area (Å²) in [4.78, 5) is 6.95. The molecule has 3 nitrogen and oxygen atoms in total. The van der Waals surface area contributed by atoms with E-state index in [-0.39, 0.29) is 0 Å². The van der Waals surface area contributed by atoms with Gasteiger partial charge in [0.15, 0.2) is 0 Å². The van der Waals surface area contributed by atoms with Crippen molar-refractivity contribution < 1.29 is 0 Å². The zero-order valence-electron chi connectivity index (χ0n) is 7.30. The number of aromatic nitrogens is 2. The highest BCUT2D eigenvalue weighted by molar-refractivity contribution is 4.84. The molecule has 0 unspecified atom stereocenters. The molecular formula is C8H17N3. The summed E-state index contributed by atoms with van der Waals surface area (Å²) < 4.78 is 0. The summed E-state index contributed by atoms with van der Waals surface area (Å²) in [6, 6.07) is 0. The molecule has 0 aliphatic heterocycles. The molecule has 0 radical (unpaired) electrons. The maximum atomic E-state index is 5.03. The number of aryl methyl sites for hydroxylation is 1. The molecule has 3 N–H and O–H groups in total. The zero-order valence-corrected chi connectivity index (χ0v) is 7.30. The van der Waals surface area contributed by atoms with Gasteiger partial charge in [-0.1, -0.05) is 13.8 Å². The molecule has 1 aromatic rings. The smallest absolute Gasteiger partial charge is 0.105 e. The third-order valence-corrected chi connectivity index (χ3v) is 1.18. The van der Waals surface area contributed by atoms with Gasteiger partial charge in [-0.25, -0.2) is 4.98 Å². The Kier molecular flexibility index (Phi) is 6.73. The SMILES string of the molecule is CCCN.CCc1ncc[nH]1. The van der Waals surface area contributed by atoms with Crippen molar-refractivity contribution in [1.29, 1.82) is 0 Å². The van der Waals surface area contributed by atoms with Gasteiger partial charge in [0.25, 0.3) is 0 Å². The van der Waals surface area contributed by atoms with Crippen LogP contribution in [-0.2, 0) is 6.42 Å². The molecule has 1 aromatic heterocycles. The van der Waals surface area contributed by atoms with E-state index in [4.69, 9.17) is 5.73 Å². The van der Waals surface area contributed by atoms with E-state index in [0.717, 1.165) is 25.2 Å². The van der Waals surface area contributed by atoms with Crippen molar-refractivity contribution in [3.63, 3.8) is 0 Å². The van der Waals surface area contributed by atoms with E-state index in [1.807, 2.05) is 6.20 Å². The van der Waals surface area contributed by atoms with Crippen LogP contribution in [-0.4, -0.2) is 16.5 Å². The van der Waals surface area contributed by atoms with Gasteiger partial charge in [0, 0.05) is 18.8 Å². The lowest BCUT2D eigenvalue weighted by atomic mass is 10.5. The largest absolute Gasteiger partial charge is 0.349 e. The van der Waals surface area contributed by atoms with E-state index >= 15 is 0 Å². The Morgan fingerprint density at radius 1 is 1.55 bits per heavy atom. The quantitative estimate of drug-likeness (QED) is 0.677. The topological polar surface area (TPSA) is 54.7 Å². The normalized spacial score (nSPS) is 8.64. The highest BCUT2D eigenvalue weighted by atomic mass is 14.9. The summed E-state index contributed by atoms with van der Waals surface area (Å²) in [7, 11) is 0. The minimum atomic E-state index is 0.819. The van der Waals surface area contributed by atoms with Gasteiger partial charge in [-0.3, -0.25) is 0 Å². The number of hydrogen-bond donors (Lipinski definition) is 2. The molecule has 0 amide bonds. The maximum absolute atomic E-state index is 5.03. The second kappa shape index (κ2) is 7.28. The number of nitrogens with two attached hydrogens (primary N) is 1. The number of rotatable bonds is 2. The summed E-state index contributed by atoms with van der Waals surface area (Å²) in [5.74, 6) is 1.06. The standard InChI is InChI=1S/C5H8N2.C3H9N/c1-2-5-6-3-4-7-5;1-2-3-4/h3-4H,2H2,1H3,(H,6,7);2-4H2,1H3. The van der Waals surface area contributed by atoms with Crippen LogP contribution >= 0.6 is 0 Å². The lowest BCUT2D eigenvalue weighted by Crippen LogP contribution is -1.93. The van der Waals surface area contributed by atoms with Crippen LogP contribution in [0.4, 0.5) is 0 Å². The minimum Gasteiger partial charge on any atom is -0.349 e. The van der Waals surface area contributed by atoms with E-state index < -0.39 is 0 Å². The van der Waals surface area contributed by atoms with Gasteiger partial charge in [-0.05, 0) is 13.0 Å². The van der Waals surface area contributed by atoms with Crippen LogP contribution in [0.25, 0.3) is 0 Å². The molecule has 0 aliphatic rings. The number of imidazole rings is 1. The Labute approximate surface area is 68.0 Å². The van der Waals surface area contributed by atoms with Crippen molar-refractivity contribution >= 4 is 0 Å². The van der Waals surface area contributed by atoms with Crippen molar-refractivity contribution in [1.82, 2.24) is 9.97 Å². The first-order valence-corrected chi connectivity index (χ1v) is 4.03. The van der Waals surface area contributed by atoms with Crippen molar-refractivity contribution in [2.45, 2.75) is 26.7 Å². The molecule has 0 fully saturated rings. The van der Waals surface area contributed by atoms with Crippen molar-refractivity contribution in [2.75, 3.05) is 6.54 Å². The summed E-state index contributed by atoms with van der Waals surface area (Å²) in [5.41, 5.74) is 5.03. The fourth-order valence-electron chi connectivity index (χ4n) is 0.491. The minimum absolute atomic E-state index is 0.819. The van der Waals surface area contributed by atoms with E-state index in [9.17, 15) is 0 Å². The van der Waals surface area contributed by atoms with Gasteiger partial charge in [-0.2, -0.15) is 0 Å².